The number of carbonyl (C=O) groups excluding carboxylic acids is 2. The van der Waals surface area contributed by atoms with Crippen LogP contribution in [0.25, 0.3) is 11.4 Å². The van der Waals surface area contributed by atoms with E-state index >= 15 is 0 Å². The zero-order valence-corrected chi connectivity index (χ0v) is 13.6. The Kier molecular flexibility index (Phi) is 4.50. The summed E-state index contributed by atoms with van der Waals surface area (Å²) in [7, 11) is 0. The highest BCUT2D eigenvalue weighted by molar-refractivity contribution is 7.16. The second-order valence-electron chi connectivity index (χ2n) is 4.92. The molecule has 8 heteroatoms. The van der Waals surface area contributed by atoms with Crippen molar-refractivity contribution >= 4 is 28.3 Å². The summed E-state index contributed by atoms with van der Waals surface area (Å²) in [6.07, 6.45) is 1.60. The molecule has 1 aromatic carbocycles. The molecule has 0 aliphatic heterocycles. The van der Waals surface area contributed by atoms with Gasteiger partial charge in [0.15, 0.2) is 5.13 Å². The lowest BCUT2D eigenvalue weighted by atomic mass is 10.1. The fourth-order valence-electron chi connectivity index (χ4n) is 2.11. The van der Waals surface area contributed by atoms with E-state index in [9.17, 15) is 14.9 Å². The number of pyridine rings is 1. The van der Waals surface area contributed by atoms with Crippen LogP contribution in [0.2, 0.25) is 0 Å². The standard InChI is InChI=1S/C17H11N5O2S/c18-9-13-14(12-6-1-2-7-20-12)21-17(25-13)22-16(24)11-5-3-4-10(8-11)15(19)23/h1-8H,(H2,19,23)(H,21,22,24). The maximum absolute atomic E-state index is 12.3. The molecule has 7 nitrogen and oxygen atoms in total. The number of carbonyl (C=O) groups is 2. The van der Waals surface area contributed by atoms with Gasteiger partial charge in [-0.05, 0) is 30.3 Å². The van der Waals surface area contributed by atoms with E-state index in [0.29, 0.717) is 16.3 Å². The van der Waals surface area contributed by atoms with Crippen LogP contribution in [0.15, 0.2) is 48.7 Å². The summed E-state index contributed by atoms with van der Waals surface area (Å²) in [4.78, 5) is 32.4. The third-order valence-corrected chi connectivity index (χ3v) is 4.14. The monoisotopic (exact) mass is 349 g/mol. The molecular weight excluding hydrogens is 338 g/mol. The van der Waals surface area contributed by atoms with E-state index < -0.39 is 11.8 Å². The molecule has 3 aromatic rings. The van der Waals surface area contributed by atoms with E-state index in [4.69, 9.17) is 5.73 Å². The molecule has 0 aliphatic carbocycles. The first-order valence-corrected chi connectivity index (χ1v) is 7.93. The first kappa shape index (κ1) is 16.3. The first-order valence-electron chi connectivity index (χ1n) is 7.12. The molecule has 0 saturated heterocycles. The van der Waals surface area contributed by atoms with Crippen LogP contribution in [0.5, 0.6) is 0 Å². The predicted octanol–water partition coefficient (Wildman–Crippen LogP) is 2.43. The number of thiazole rings is 1. The third kappa shape index (κ3) is 3.52. The molecule has 3 rings (SSSR count). The van der Waals surface area contributed by atoms with Gasteiger partial charge in [0.1, 0.15) is 16.6 Å². The summed E-state index contributed by atoms with van der Waals surface area (Å²) in [5.41, 5.74) is 6.68. The topological polar surface area (TPSA) is 122 Å². The summed E-state index contributed by atoms with van der Waals surface area (Å²) in [6, 6.07) is 13.4. The smallest absolute Gasteiger partial charge is 0.257 e. The predicted molar refractivity (Wildman–Crippen MR) is 93.0 cm³/mol. The number of amides is 2. The minimum Gasteiger partial charge on any atom is -0.366 e. The van der Waals surface area contributed by atoms with Gasteiger partial charge in [-0.25, -0.2) is 4.98 Å². The van der Waals surface area contributed by atoms with Crippen molar-refractivity contribution in [1.29, 1.82) is 5.26 Å². The first-order chi connectivity index (χ1) is 12.1. The maximum Gasteiger partial charge on any atom is 0.257 e. The van der Waals surface area contributed by atoms with Crippen molar-refractivity contribution < 1.29 is 9.59 Å². The molecule has 0 radical (unpaired) electrons. The van der Waals surface area contributed by atoms with Gasteiger partial charge in [0, 0.05) is 17.3 Å². The molecule has 0 unspecified atom stereocenters. The van der Waals surface area contributed by atoms with Crippen LogP contribution in [0, 0.1) is 11.3 Å². The highest BCUT2D eigenvalue weighted by Crippen LogP contribution is 2.29. The SMILES string of the molecule is N#Cc1sc(NC(=O)c2cccc(C(N)=O)c2)nc1-c1ccccn1. The summed E-state index contributed by atoms with van der Waals surface area (Å²) < 4.78 is 0. The molecule has 2 aromatic heterocycles. The molecule has 3 N–H and O–H groups in total. The molecule has 25 heavy (non-hydrogen) atoms. The number of primary amides is 1. The van der Waals surface area contributed by atoms with Crippen LogP contribution in [0.4, 0.5) is 5.13 Å². The minimum absolute atomic E-state index is 0.235. The van der Waals surface area contributed by atoms with Crippen molar-refractivity contribution in [3.8, 4) is 17.5 Å². The Morgan fingerprint density at radius 1 is 1.16 bits per heavy atom. The number of hydrogen-bond acceptors (Lipinski definition) is 6. The normalized spacial score (nSPS) is 10.0. The van der Waals surface area contributed by atoms with Crippen molar-refractivity contribution in [2.75, 3.05) is 5.32 Å². The summed E-state index contributed by atoms with van der Waals surface area (Å²) in [5, 5.41) is 12.2. The highest BCUT2D eigenvalue weighted by Gasteiger charge is 2.16. The molecule has 2 amide bonds. The number of rotatable bonds is 4. The number of nitrogens with two attached hydrogens (primary N) is 1. The third-order valence-electron chi connectivity index (χ3n) is 3.27. The molecule has 0 aliphatic rings. The number of nitriles is 1. The van der Waals surface area contributed by atoms with Crippen LogP contribution in [-0.4, -0.2) is 21.8 Å². The lowest BCUT2D eigenvalue weighted by Gasteiger charge is -2.03. The number of nitrogens with zero attached hydrogens (tertiary/aromatic N) is 3. The Morgan fingerprint density at radius 3 is 2.64 bits per heavy atom. The summed E-state index contributed by atoms with van der Waals surface area (Å²) >= 11 is 1.05. The van der Waals surface area contributed by atoms with Gasteiger partial charge in [-0.1, -0.05) is 23.5 Å². The van der Waals surface area contributed by atoms with Gasteiger partial charge in [0.05, 0.1) is 5.69 Å². The number of nitrogens with one attached hydrogen (secondary N) is 1. The Bertz CT molecular complexity index is 992. The quantitative estimate of drug-likeness (QED) is 0.749. The second kappa shape index (κ2) is 6.90. The molecule has 2 heterocycles. The zero-order chi connectivity index (χ0) is 17.8. The number of anilines is 1. The van der Waals surface area contributed by atoms with E-state index in [1.54, 1.807) is 36.5 Å². The van der Waals surface area contributed by atoms with E-state index in [-0.39, 0.29) is 16.3 Å². The van der Waals surface area contributed by atoms with Gasteiger partial charge in [-0.3, -0.25) is 19.9 Å². The number of aromatic nitrogens is 2. The fourth-order valence-corrected chi connectivity index (χ4v) is 2.88. The lowest BCUT2D eigenvalue weighted by molar-refractivity contribution is 0.1000. The van der Waals surface area contributed by atoms with E-state index in [1.165, 1.54) is 12.1 Å². The highest BCUT2D eigenvalue weighted by atomic mass is 32.1. The second-order valence-corrected chi connectivity index (χ2v) is 5.92. The van der Waals surface area contributed by atoms with Crippen molar-refractivity contribution in [2.45, 2.75) is 0 Å². The van der Waals surface area contributed by atoms with Crippen LogP contribution in [-0.2, 0) is 0 Å². The van der Waals surface area contributed by atoms with E-state index in [2.05, 4.69) is 21.4 Å². The van der Waals surface area contributed by atoms with Crippen molar-refractivity contribution in [3.05, 3.63) is 64.7 Å². The van der Waals surface area contributed by atoms with Crippen LogP contribution >= 0.6 is 11.3 Å². The fraction of sp³-hybridized carbons (Fsp3) is 0. The van der Waals surface area contributed by atoms with Gasteiger partial charge < -0.3 is 5.73 Å². The van der Waals surface area contributed by atoms with Gasteiger partial charge in [-0.2, -0.15) is 5.26 Å². The minimum atomic E-state index is -0.617. The van der Waals surface area contributed by atoms with Crippen LogP contribution < -0.4 is 11.1 Å². The largest absolute Gasteiger partial charge is 0.366 e. The van der Waals surface area contributed by atoms with Crippen molar-refractivity contribution in [1.82, 2.24) is 9.97 Å². The number of benzene rings is 1. The molecule has 0 atom stereocenters. The van der Waals surface area contributed by atoms with Gasteiger partial charge >= 0.3 is 0 Å². The summed E-state index contributed by atoms with van der Waals surface area (Å²) in [6.45, 7) is 0. The van der Waals surface area contributed by atoms with Crippen LogP contribution in [0.3, 0.4) is 0 Å². The Morgan fingerprint density at radius 2 is 1.96 bits per heavy atom. The molecule has 0 saturated carbocycles. The molecule has 0 spiro atoms. The molecular formula is C17H11N5O2S. The lowest BCUT2D eigenvalue weighted by Crippen LogP contribution is -2.15. The maximum atomic E-state index is 12.3. The zero-order valence-electron chi connectivity index (χ0n) is 12.8. The number of hydrogen-bond donors (Lipinski definition) is 2. The van der Waals surface area contributed by atoms with Gasteiger partial charge in [0.25, 0.3) is 5.91 Å². The van der Waals surface area contributed by atoms with Crippen LogP contribution in [0.1, 0.15) is 25.6 Å². The Hall–Kier alpha value is -3.57. The van der Waals surface area contributed by atoms with E-state index in [1.807, 2.05) is 0 Å². The van der Waals surface area contributed by atoms with Gasteiger partial charge in [-0.15, -0.1) is 0 Å². The molecule has 0 bridgehead atoms. The molecule has 0 fully saturated rings. The van der Waals surface area contributed by atoms with Crippen molar-refractivity contribution in [3.63, 3.8) is 0 Å². The average molecular weight is 349 g/mol. The van der Waals surface area contributed by atoms with Crippen molar-refractivity contribution in [2.24, 2.45) is 5.73 Å². The average Bonchev–Trinajstić information content (AvgIpc) is 3.05. The molecule has 122 valence electrons. The van der Waals surface area contributed by atoms with Gasteiger partial charge in [0.2, 0.25) is 5.91 Å². The Labute approximate surface area is 146 Å². The van der Waals surface area contributed by atoms with E-state index in [0.717, 1.165) is 11.3 Å². The Balaban J connectivity index is 1.88. The summed E-state index contributed by atoms with van der Waals surface area (Å²) in [5.74, 6) is -1.07.